The van der Waals surface area contributed by atoms with Gasteiger partial charge in [0.25, 0.3) is 5.69 Å². The second-order valence-corrected chi connectivity index (χ2v) is 2.81. The van der Waals surface area contributed by atoms with Gasteiger partial charge in [-0.05, 0) is 18.2 Å². The lowest BCUT2D eigenvalue weighted by atomic mass is 10.1. The van der Waals surface area contributed by atoms with Crippen molar-refractivity contribution in [1.29, 1.82) is 5.26 Å². The number of hydrogen-bond acceptors (Lipinski definition) is 4. The monoisotopic (exact) mass is 218 g/mol. The van der Waals surface area contributed by atoms with Gasteiger partial charge in [-0.15, -0.1) is 0 Å². The number of nitrogens with zero attached hydrogens (tertiary/aromatic N) is 2. The van der Waals surface area contributed by atoms with Crippen LogP contribution in [0.4, 0.5) is 5.69 Å². The average molecular weight is 218 g/mol. The van der Waals surface area contributed by atoms with Gasteiger partial charge in [-0.3, -0.25) is 10.1 Å². The summed E-state index contributed by atoms with van der Waals surface area (Å²) in [5.41, 5.74) is 0.00197. The summed E-state index contributed by atoms with van der Waals surface area (Å²) in [5, 5.41) is 27.6. The van der Waals surface area contributed by atoms with E-state index in [2.05, 4.69) is 0 Å². The normalized spacial score (nSPS) is 9.94. The summed E-state index contributed by atoms with van der Waals surface area (Å²) in [6.45, 7) is 0. The number of nitro benzene ring substituents is 1. The van der Waals surface area contributed by atoms with Gasteiger partial charge < -0.3 is 5.11 Å². The molecule has 0 heterocycles. The molecule has 1 aromatic rings. The summed E-state index contributed by atoms with van der Waals surface area (Å²) in [6.07, 6.45) is 1.91. The van der Waals surface area contributed by atoms with Crippen LogP contribution in [-0.4, -0.2) is 16.0 Å². The highest BCUT2D eigenvalue weighted by Crippen LogP contribution is 2.21. The first-order valence-electron chi connectivity index (χ1n) is 4.14. The molecule has 1 rings (SSSR count). The van der Waals surface area contributed by atoms with Gasteiger partial charge in [0.2, 0.25) is 0 Å². The van der Waals surface area contributed by atoms with Crippen LogP contribution in [-0.2, 0) is 4.79 Å². The van der Waals surface area contributed by atoms with E-state index in [0.29, 0.717) is 0 Å². The Morgan fingerprint density at radius 1 is 1.56 bits per heavy atom. The molecular formula is C10H6N2O4. The summed E-state index contributed by atoms with van der Waals surface area (Å²) in [4.78, 5) is 20.3. The highest BCUT2D eigenvalue weighted by Gasteiger charge is 2.12. The molecule has 0 unspecified atom stereocenters. The molecule has 6 nitrogen and oxygen atoms in total. The summed E-state index contributed by atoms with van der Waals surface area (Å²) >= 11 is 0. The fourth-order valence-corrected chi connectivity index (χ4v) is 1.07. The molecule has 0 atom stereocenters. The van der Waals surface area contributed by atoms with Gasteiger partial charge in [0.15, 0.2) is 0 Å². The molecule has 16 heavy (non-hydrogen) atoms. The topological polar surface area (TPSA) is 104 Å². The van der Waals surface area contributed by atoms with Crippen molar-refractivity contribution in [2.45, 2.75) is 0 Å². The highest BCUT2D eigenvalue weighted by molar-refractivity contribution is 5.86. The maximum absolute atomic E-state index is 10.6. The third-order valence-corrected chi connectivity index (χ3v) is 1.76. The van der Waals surface area contributed by atoms with E-state index in [1.165, 1.54) is 12.1 Å². The molecule has 0 saturated heterocycles. The van der Waals surface area contributed by atoms with Gasteiger partial charge in [0.05, 0.1) is 22.1 Å². The summed E-state index contributed by atoms with van der Waals surface area (Å²) in [6, 6.07) is 5.58. The molecule has 0 aliphatic heterocycles. The van der Waals surface area contributed by atoms with Crippen LogP contribution in [0.5, 0.6) is 0 Å². The van der Waals surface area contributed by atoms with Gasteiger partial charge in [0, 0.05) is 12.1 Å². The molecule has 0 amide bonds. The Morgan fingerprint density at radius 3 is 2.75 bits per heavy atom. The molecule has 80 valence electrons. The van der Waals surface area contributed by atoms with Crippen LogP contribution < -0.4 is 0 Å². The Morgan fingerprint density at radius 2 is 2.25 bits per heavy atom. The van der Waals surface area contributed by atoms with Crippen LogP contribution in [0.1, 0.15) is 11.1 Å². The van der Waals surface area contributed by atoms with E-state index in [1.54, 1.807) is 6.07 Å². The Hall–Kier alpha value is -2.68. The molecule has 6 heteroatoms. The number of nitriles is 1. The van der Waals surface area contributed by atoms with Crippen molar-refractivity contribution in [2.75, 3.05) is 0 Å². The van der Waals surface area contributed by atoms with Crippen LogP contribution >= 0.6 is 0 Å². The number of hydrogen-bond donors (Lipinski definition) is 1. The van der Waals surface area contributed by atoms with E-state index in [-0.39, 0.29) is 16.8 Å². The van der Waals surface area contributed by atoms with Crippen molar-refractivity contribution in [3.63, 3.8) is 0 Å². The quantitative estimate of drug-likeness (QED) is 0.471. The first-order valence-corrected chi connectivity index (χ1v) is 4.14. The molecule has 0 bridgehead atoms. The summed E-state index contributed by atoms with van der Waals surface area (Å²) < 4.78 is 0. The predicted molar refractivity (Wildman–Crippen MR) is 54.5 cm³/mol. The SMILES string of the molecule is N#Cc1ccc(C=CC(=O)O)c([N+](=O)[O-])c1. The van der Waals surface area contributed by atoms with Crippen LogP contribution in [0.25, 0.3) is 6.08 Å². The first-order chi connectivity index (χ1) is 7.54. The molecule has 0 spiro atoms. The van der Waals surface area contributed by atoms with E-state index in [0.717, 1.165) is 18.2 Å². The molecule has 0 aliphatic carbocycles. The number of nitro groups is 1. The maximum Gasteiger partial charge on any atom is 0.328 e. The molecule has 0 fully saturated rings. The Labute approximate surface area is 90.2 Å². The fraction of sp³-hybridized carbons (Fsp3) is 0. The van der Waals surface area contributed by atoms with Gasteiger partial charge in [-0.25, -0.2) is 4.79 Å². The Kier molecular flexibility index (Phi) is 3.35. The van der Waals surface area contributed by atoms with Gasteiger partial charge in [-0.1, -0.05) is 0 Å². The molecule has 1 N–H and O–H groups in total. The third kappa shape index (κ3) is 2.65. The minimum atomic E-state index is -1.20. The molecule has 0 aromatic heterocycles. The molecular weight excluding hydrogens is 212 g/mol. The number of aliphatic carboxylic acids is 1. The molecule has 0 aliphatic rings. The highest BCUT2D eigenvalue weighted by atomic mass is 16.6. The molecule has 1 aromatic carbocycles. The van der Waals surface area contributed by atoms with E-state index < -0.39 is 10.9 Å². The lowest BCUT2D eigenvalue weighted by Gasteiger charge is -1.97. The van der Waals surface area contributed by atoms with Crippen molar-refractivity contribution >= 4 is 17.7 Å². The zero-order valence-corrected chi connectivity index (χ0v) is 7.95. The van der Waals surface area contributed by atoms with E-state index >= 15 is 0 Å². The van der Waals surface area contributed by atoms with Crippen molar-refractivity contribution in [3.8, 4) is 6.07 Å². The zero-order chi connectivity index (χ0) is 12.1. The average Bonchev–Trinajstić information content (AvgIpc) is 2.25. The van der Waals surface area contributed by atoms with E-state index in [1.807, 2.05) is 0 Å². The second-order valence-electron chi connectivity index (χ2n) is 2.81. The molecule has 0 radical (unpaired) electrons. The smallest absolute Gasteiger partial charge is 0.328 e. The maximum atomic E-state index is 10.6. The lowest BCUT2D eigenvalue weighted by molar-refractivity contribution is -0.385. The summed E-state index contributed by atoms with van der Waals surface area (Å²) in [5.74, 6) is -1.20. The van der Waals surface area contributed by atoms with Crippen molar-refractivity contribution < 1.29 is 14.8 Å². The molecule has 0 saturated carbocycles. The fourth-order valence-electron chi connectivity index (χ4n) is 1.07. The minimum absolute atomic E-state index is 0.145. The van der Waals surface area contributed by atoms with Crippen LogP contribution in [0.3, 0.4) is 0 Å². The van der Waals surface area contributed by atoms with E-state index in [4.69, 9.17) is 10.4 Å². The largest absolute Gasteiger partial charge is 0.478 e. The second kappa shape index (κ2) is 4.70. The number of carbonyl (C=O) groups is 1. The van der Waals surface area contributed by atoms with E-state index in [9.17, 15) is 14.9 Å². The zero-order valence-electron chi connectivity index (χ0n) is 7.95. The van der Waals surface area contributed by atoms with Crippen LogP contribution in [0.2, 0.25) is 0 Å². The lowest BCUT2D eigenvalue weighted by Crippen LogP contribution is -1.93. The summed E-state index contributed by atoms with van der Waals surface area (Å²) in [7, 11) is 0. The number of rotatable bonds is 3. The first kappa shape index (κ1) is 11.4. The minimum Gasteiger partial charge on any atom is -0.478 e. The van der Waals surface area contributed by atoms with Crippen molar-refractivity contribution in [3.05, 3.63) is 45.5 Å². The standard InChI is InChI=1S/C10H6N2O4/c11-6-7-1-2-8(3-4-10(13)14)9(5-7)12(15)16/h1-5H,(H,13,14). The van der Waals surface area contributed by atoms with Crippen molar-refractivity contribution in [1.82, 2.24) is 0 Å². The van der Waals surface area contributed by atoms with Gasteiger partial charge in [-0.2, -0.15) is 5.26 Å². The Bertz CT molecular complexity index is 514. The van der Waals surface area contributed by atoms with Crippen molar-refractivity contribution in [2.24, 2.45) is 0 Å². The Balaban J connectivity index is 3.24. The number of benzene rings is 1. The third-order valence-electron chi connectivity index (χ3n) is 1.76. The predicted octanol–water partition coefficient (Wildman–Crippen LogP) is 1.56. The van der Waals surface area contributed by atoms with Crippen LogP contribution in [0.15, 0.2) is 24.3 Å². The van der Waals surface area contributed by atoms with Crippen LogP contribution in [0, 0.1) is 21.4 Å². The van der Waals surface area contributed by atoms with Gasteiger partial charge in [0.1, 0.15) is 0 Å². The van der Waals surface area contributed by atoms with Gasteiger partial charge >= 0.3 is 5.97 Å². The number of carboxylic acid groups (broad SMARTS) is 1. The number of carboxylic acids is 1.